The van der Waals surface area contributed by atoms with Gasteiger partial charge in [-0.05, 0) is 57.0 Å². The minimum absolute atomic E-state index is 0.152. The molecule has 0 spiro atoms. The van der Waals surface area contributed by atoms with Crippen molar-refractivity contribution in [2.24, 2.45) is 5.92 Å². The van der Waals surface area contributed by atoms with Gasteiger partial charge in [-0.3, -0.25) is 0 Å². The Balaban J connectivity index is 2.21. The summed E-state index contributed by atoms with van der Waals surface area (Å²) in [5, 5.41) is 4.97. The number of rotatable bonds is 6. The normalized spacial score (nSPS) is 12.5. The smallest absolute Gasteiger partial charge is 0.0482 e. The Morgan fingerprint density at radius 2 is 1.86 bits per heavy atom. The topological polar surface area (TPSA) is 17.0 Å². The Morgan fingerprint density at radius 1 is 1.14 bits per heavy atom. The summed E-state index contributed by atoms with van der Waals surface area (Å²) in [5.41, 5.74) is 2.92. The lowest BCUT2D eigenvalue weighted by atomic mass is 10.1. The number of hydrogen-bond acceptors (Lipinski definition) is 1. The summed E-state index contributed by atoms with van der Waals surface area (Å²) >= 11 is 0. The van der Waals surface area contributed by atoms with Crippen molar-refractivity contribution in [1.29, 1.82) is 0 Å². The summed E-state index contributed by atoms with van der Waals surface area (Å²) in [6, 6.07) is 11.1. The van der Waals surface area contributed by atoms with Gasteiger partial charge in [-0.25, -0.2) is 0 Å². The van der Waals surface area contributed by atoms with Gasteiger partial charge in [0.05, 0.1) is 0 Å². The second-order valence-corrected chi connectivity index (χ2v) is 7.49. The van der Waals surface area contributed by atoms with E-state index in [1.54, 1.807) is 0 Å². The number of aryl methyl sites for hydroxylation is 1. The molecule has 2 nitrogen and oxygen atoms in total. The quantitative estimate of drug-likeness (QED) is 0.793. The Hall–Kier alpha value is -1.28. The van der Waals surface area contributed by atoms with Crippen molar-refractivity contribution in [2.45, 2.75) is 66.1 Å². The van der Waals surface area contributed by atoms with Crippen LogP contribution in [0.4, 0.5) is 0 Å². The number of nitrogens with zero attached hydrogens (tertiary/aromatic N) is 1. The molecule has 1 aromatic heterocycles. The molecule has 1 heterocycles. The summed E-state index contributed by atoms with van der Waals surface area (Å²) < 4.78 is 2.50. The molecule has 0 saturated carbocycles. The van der Waals surface area contributed by atoms with Gasteiger partial charge in [-0.2, -0.15) is 0 Å². The van der Waals surface area contributed by atoms with Crippen molar-refractivity contribution >= 4 is 10.9 Å². The minimum Gasteiger partial charge on any atom is -0.343 e. The Bertz CT molecular complexity index is 573. The molecule has 2 aromatic rings. The van der Waals surface area contributed by atoms with Crippen LogP contribution in [0, 0.1) is 5.92 Å². The summed E-state index contributed by atoms with van der Waals surface area (Å²) in [6.07, 6.45) is 2.54. The van der Waals surface area contributed by atoms with Crippen LogP contribution in [0.3, 0.4) is 0 Å². The molecule has 0 aliphatic heterocycles. The van der Waals surface area contributed by atoms with E-state index in [0.717, 1.165) is 19.0 Å². The molecule has 0 aliphatic rings. The fourth-order valence-electron chi connectivity index (χ4n) is 2.69. The van der Waals surface area contributed by atoms with E-state index in [0.29, 0.717) is 0 Å². The Kier molecular flexibility index (Phi) is 5.10. The predicted octanol–water partition coefficient (Wildman–Crippen LogP) is 4.97. The van der Waals surface area contributed by atoms with E-state index in [4.69, 9.17) is 0 Å². The van der Waals surface area contributed by atoms with E-state index < -0.39 is 0 Å². The molecular formula is C19H30N2. The monoisotopic (exact) mass is 286 g/mol. The van der Waals surface area contributed by atoms with Gasteiger partial charge in [-0.15, -0.1) is 0 Å². The highest BCUT2D eigenvalue weighted by Gasteiger charge is 2.13. The Morgan fingerprint density at radius 3 is 2.52 bits per heavy atom. The summed E-state index contributed by atoms with van der Waals surface area (Å²) in [5.74, 6) is 0.781. The number of aromatic nitrogens is 1. The van der Waals surface area contributed by atoms with E-state index in [2.05, 4.69) is 74.8 Å². The molecule has 0 aliphatic carbocycles. The standard InChI is InChI=1S/C19H30N2/c1-15(2)9-8-12-21-17(14-20-19(3,4)5)13-16-10-6-7-11-18(16)21/h6-7,10-11,13,15,20H,8-9,12,14H2,1-5H3. The molecule has 21 heavy (non-hydrogen) atoms. The van der Waals surface area contributed by atoms with E-state index in [-0.39, 0.29) is 5.54 Å². The first kappa shape index (κ1) is 16.1. The van der Waals surface area contributed by atoms with Gasteiger partial charge >= 0.3 is 0 Å². The second kappa shape index (κ2) is 6.65. The third kappa shape index (κ3) is 4.60. The van der Waals surface area contributed by atoms with Crippen LogP contribution in [-0.4, -0.2) is 10.1 Å². The first-order chi connectivity index (χ1) is 9.87. The van der Waals surface area contributed by atoms with Crippen molar-refractivity contribution in [3.05, 3.63) is 36.0 Å². The van der Waals surface area contributed by atoms with Crippen molar-refractivity contribution in [3.8, 4) is 0 Å². The maximum Gasteiger partial charge on any atom is 0.0482 e. The maximum absolute atomic E-state index is 3.62. The van der Waals surface area contributed by atoms with Crippen molar-refractivity contribution < 1.29 is 0 Å². The molecule has 0 amide bonds. The second-order valence-electron chi connectivity index (χ2n) is 7.49. The predicted molar refractivity (Wildman–Crippen MR) is 92.6 cm³/mol. The summed E-state index contributed by atoms with van der Waals surface area (Å²) in [7, 11) is 0. The largest absolute Gasteiger partial charge is 0.343 e. The van der Waals surface area contributed by atoms with Crippen LogP contribution in [0.1, 0.15) is 53.2 Å². The van der Waals surface area contributed by atoms with Crippen molar-refractivity contribution in [2.75, 3.05) is 0 Å². The van der Waals surface area contributed by atoms with E-state index in [1.165, 1.54) is 29.4 Å². The third-order valence-electron chi connectivity index (χ3n) is 3.86. The van der Waals surface area contributed by atoms with E-state index in [9.17, 15) is 0 Å². The fourth-order valence-corrected chi connectivity index (χ4v) is 2.69. The average Bonchev–Trinajstić information content (AvgIpc) is 2.74. The van der Waals surface area contributed by atoms with Crippen LogP contribution in [0.15, 0.2) is 30.3 Å². The van der Waals surface area contributed by atoms with Gasteiger partial charge in [0.1, 0.15) is 0 Å². The van der Waals surface area contributed by atoms with E-state index >= 15 is 0 Å². The highest BCUT2D eigenvalue weighted by molar-refractivity contribution is 5.81. The molecule has 0 bridgehead atoms. The summed E-state index contributed by atoms with van der Waals surface area (Å²) in [4.78, 5) is 0. The zero-order valence-electron chi connectivity index (χ0n) is 14.2. The molecule has 116 valence electrons. The summed E-state index contributed by atoms with van der Waals surface area (Å²) in [6.45, 7) is 13.3. The fraction of sp³-hybridized carbons (Fsp3) is 0.579. The zero-order valence-corrected chi connectivity index (χ0v) is 14.2. The number of fused-ring (bicyclic) bond motifs is 1. The maximum atomic E-state index is 3.62. The Labute approximate surface area is 129 Å². The van der Waals surface area contributed by atoms with Gasteiger partial charge in [0, 0.05) is 29.8 Å². The van der Waals surface area contributed by atoms with Gasteiger partial charge in [0.25, 0.3) is 0 Å². The molecule has 0 radical (unpaired) electrons. The third-order valence-corrected chi connectivity index (χ3v) is 3.86. The number of hydrogen-bond donors (Lipinski definition) is 1. The average molecular weight is 286 g/mol. The first-order valence-corrected chi connectivity index (χ1v) is 8.19. The molecular weight excluding hydrogens is 256 g/mol. The van der Waals surface area contributed by atoms with Gasteiger partial charge in [0.15, 0.2) is 0 Å². The van der Waals surface area contributed by atoms with Crippen LogP contribution in [0.5, 0.6) is 0 Å². The highest BCUT2D eigenvalue weighted by atomic mass is 15.0. The number of benzene rings is 1. The molecule has 2 rings (SSSR count). The van der Waals surface area contributed by atoms with Crippen molar-refractivity contribution in [3.63, 3.8) is 0 Å². The molecule has 1 N–H and O–H groups in total. The van der Waals surface area contributed by atoms with Crippen LogP contribution in [0.25, 0.3) is 10.9 Å². The molecule has 0 fully saturated rings. The lowest BCUT2D eigenvalue weighted by Gasteiger charge is -2.21. The SMILES string of the molecule is CC(C)CCCn1c(CNC(C)(C)C)cc2ccccc21. The van der Waals surface area contributed by atoms with Crippen LogP contribution in [-0.2, 0) is 13.1 Å². The van der Waals surface area contributed by atoms with Gasteiger partial charge in [-0.1, -0.05) is 32.0 Å². The van der Waals surface area contributed by atoms with Crippen LogP contribution >= 0.6 is 0 Å². The lowest BCUT2D eigenvalue weighted by molar-refractivity contribution is 0.414. The molecule has 0 unspecified atom stereocenters. The molecule has 0 saturated heterocycles. The number of para-hydroxylation sites is 1. The van der Waals surface area contributed by atoms with E-state index in [1.807, 2.05) is 0 Å². The van der Waals surface area contributed by atoms with Gasteiger partial charge < -0.3 is 9.88 Å². The van der Waals surface area contributed by atoms with Crippen LogP contribution < -0.4 is 5.32 Å². The minimum atomic E-state index is 0.152. The number of nitrogens with one attached hydrogen (secondary N) is 1. The lowest BCUT2D eigenvalue weighted by Crippen LogP contribution is -2.35. The first-order valence-electron chi connectivity index (χ1n) is 8.19. The highest BCUT2D eigenvalue weighted by Crippen LogP contribution is 2.21. The van der Waals surface area contributed by atoms with Crippen molar-refractivity contribution in [1.82, 2.24) is 9.88 Å². The molecule has 2 heteroatoms. The molecule has 1 aromatic carbocycles. The molecule has 0 atom stereocenters. The van der Waals surface area contributed by atoms with Gasteiger partial charge in [0.2, 0.25) is 0 Å². The van der Waals surface area contributed by atoms with Crippen LogP contribution in [0.2, 0.25) is 0 Å². The zero-order chi connectivity index (χ0) is 15.5.